The lowest BCUT2D eigenvalue weighted by atomic mass is 10.2. The van der Waals surface area contributed by atoms with Crippen LogP contribution in [-0.4, -0.2) is 20.7 Å². The maximum atomic E-state index is 12.3. The molecule has 5 rings (SSSR count). The Bertz CT molecular complexity index is 1170. The van der Waals surface area contributed by atoms with Gasteiger partial charge in [-0.25, -0.2) is 9.67 Å². The Morgan fingerprint density at radius 2 is 2.04 bits per heavy atom. The number of anilines is 1. The first kappa shape index (κ1) is 16.5. The summed E-state index contributed by atoms with van der Waals surface area (Å²) in [6.07, 6.45) is 9.11. The molecular formula is C22H18N4O2. The molecule has 0 unspecified atom stereocenters. The van der Waals surface area contributed by atoms with Crippen molar-refractivity contribution >= 4 is 28.8 Å². The number of hydrogen-bond acceptors (Lipinski definition) is 4. The number of carbonyl (C=O) groups excluding carboxylic acids is 1. The van der Waals surface area contributed by atoms with Crippen LogP contribution in [-0.2, 0) is 4.79 Å². The van der Waals surface area contributed by atoms with E-state index >= 15 is 0 Å². The number of amides is 1. The first-order chi connectivity index (χ1) is 13.7. The molecule has 1 aliphatic carbocycles. The number of aromatic nitrogens is 3. The molecule has 28 heavy (non-hydrogen) atoms. The molecule has 1 aliphatic rings. The third-order valence-electron chi connectivity index (χ3n) is 4.65. The molecule has 0 bridgehead atoms. The van der Waals surface area contributed by atoms with Gasteiger partial charge in [0.15, 0.2) is 11.5 Å². The lowest BCUT2D eigenvalue weighted by Gasteiger charge is -2.01. The number of nitrogens with one attached hydrogen (secondary N) is 1. The van der Waals surface area contributed by atoms with E-state index in [0.717, 1.165) is 41.1 Å². The molecule has 0 saturated heterocycles. The third kappa shape index (κ3) is 3.44. The van der Waals surface area contributed by atoms with Gasteiger partial charge in [-0.05, 0) is 49.2 Å². The second-order valence-electron chi connectivity index (χ2n) is 6.89. The molecular weight excluding hydrogens is 352 g/mol. The van der Waals surface area contributed by atoms with Crippen molar-refractivity contribution in [3.63, 3.8) is 0 Å². The molecule has 138 valence electrons. The number of carbonyl (C=O) groups is 1. The van der Waals surface area contributed by atoms with E-state index in [9.17, 15) is 4.79 Å². The molecule has 0 aliphatic heterocycles. The van der Waals surface area contributed by atoms with E-state index < -0.39 is 0 Å². The topological polar surface area (TPSA) is 73.0 Å². The molecule has 2 aromatic carbocycles. The third-order valence-corrected chi connectivity index (χ3v) is 4.65. The van der Waals surface area contributed by atoms with Crippen LogP contribution in [0.3, 0.4) is 0 Å². The Hall–Kier alpha value is -3.67. The van der Waals surface area contributed by atoms with Crippen molar-refractivity contribution in [3.05, 3.63) is 78.5 Å². The van der Waals surface area contributed by atoms with Crippen molar-refractivity contribution in [2.24, 2.45) is 0 Å². The minimum Gasteiger partial charge on any atom is -0.440 e. The zero-order valence-electron chi connectivity index (χ0n) is 15.1. The average molecular weight is 370 g/mol. The van der Waals surface area contributed by atoms with Crippen LogP contribution < -0.4 is 5.32 Å². The first-order valence-electron chi connectivity index (χ1n) is 9.24. The Morgan fingerprint density at radius 1 is 1.18 bits per heavy atom. The smallest absolute Gasteiger partial charge is 0.248 e. The molecule has 1 N–H and O–H groups in total. The number of rotatable bonds is 5. The fourth-order valence-electron chi connectivity index (χ4n) is 3.03. The Morgan fingerprint density at radius 3 is 2.86 bits per heavy atom. The van der Waals surface area contributed by atoms with Crippen LogP contribution in [0, 0.1) is 0 Å². The zero-order chi connectivity index (χ0) is 18.9. The Balaban J connectivity index is 1.27. The highest BCUT2D eigenvalue weighted by atomic mass is 16.3. The van der Waals surface area contributed by atoms with Gasteiger partial charge in [-0.2, -0.15) is 5.10 Å². The van der Waals surface area contributed by atoms with Crippen molar-refractivity contribution in [1.82, 2.24) is 14.8 Å². The summed E-state index contributed by atoms with van der Waals surface area (Å²) in [5.41, 5.74) is 4.03. The fraction of sp³-hybridized carbons (Fsp3) is 0.136. The molecule has 0 radical (unpaired) electrons. The SMILES string of the molecule is O=C(/C=C/c1cnn(-c2ccccc2)c1)Nc1ccc2oc(C3CC3)nc2c1. The molecule has 2 aromatic heterocycles. The van der Waals surface area contributed by atoms with E-state index in [-0.39, 0.29) is 5.91 Å². The molecule has 0 atom stereocenters. The summed E-state index contributed by atoms with van der Waals surface area (Å²) in [5.74, 6) is 1.05. The normalized spacial score (nSPS) is 14.0. The van der Waals surface area contributed by atoms with Gasteiger partial charge in [-0.3, -0.25) is 4.79 Å². The van der Waals surface area contributed by atoms with Crippen molar-refractivity contribution in [3.8, 4) is 5.69 Å². The van der Waals surface area contributed by atoms with E-state index in [1.54, 1.807) is 17.0 Å². The van der Waals surface area contributed by atoms with Crippen molar-refractivity contribution in [2.45, 2.75) is 18.8 Å². The summed E-state index contributed by atoms with van der Waals surface area (Å²) in [6, 6.07) is 15.3. The van der Waals surface area contributed by atoms with E-state index in [1.807, 2.05) is 54.7 Å². The number of nitrogens with zero attached hydrogens (tertiary/aromatic N) is 3. The van der Waals surface area contributed by atoms with Crippen LogP contribution in [0.25, 0.3) is 22.9 Å². The molecule has 6 heteroatoms. The van der Waals surface area contributed by atoms with E-state index in [0.29, 0.717) is 11.6 Å². The predicted octanol–water partition coefficient (Wildman–Crippen LogP) is 4.54. The summed E-state index contributed by atoms with van der Waals surface area (Å²) in [4.78, 5) is 16.8. The lowest BCUT2D eigenvalue weighted by Crippen LogP contribution is -2.07. The number of oxazole rings is 1. The van der Waals surface area contributed by atoms with Crippen molar-refractivity contribution < 1.29 is 9.21 Å². The first-order valence-corrected chi connectivity index (χ1v) is 9.24. The molecule has 0 spiro atoms. The van der Waals surface area contributed by atoms with Gasteiger partial charge in [0.05, 0.1) is 11.9 Å². The van der Waals surface area contributed by atoms with Crippen LogP contribution in [0.1, 0.15) is 30.2 Å². The maximum Gasteiger partial charge on any atom is 0.248 e. The van der Waals surface area contributed by atoms with Gasteiger partial charge >= 0.3 is 0 Å². The van der Waals surface area contributed by atoms with Gasteiger partial charge in [0.25, 0.3) is 0 Å². The highest BCUT2D eigenvalue weighted by Crippen LogP contribution is 2.40. The van der Waals surface area contributed by atoms with Gasteiger partial charge < -0.3 is 9.73 Å². The maximum absolute atomic E-state index is 12.3. The second kappa shape index (κ2) is 6.81. The molecule has 1 saturated carbocycles. The van der Waals surface area contributed by atoms with Crippen LogP contribution in [0.15, 0.2) is 71.4 Å². The van der Waals surface area contributed by atoms with Gasteiger partial charge in [-0.15, -0.1) is 0 Å². The van der Waals surface area contributed by atoms with Crippen LogP contribution in [0.2, 0.25) is 0 Å². The Kier molecular flexibility index (Phi) is 4.01. The molecule has 2 heterocycles. The lowest BCUT2D eigenvalue weighted by molar-refractivity contribution is -0.111. The highest BCUT2D eigenvalue weighted by Gasteiger charge is 2.28. The van der Waals surface area contributed by atoms with Gasteiger partial charge in [-0.1, -0.05) is 18.2 Å². The fourth-order valence-corrected chi connectivity index (χ4v) is 3.03. The minimum absolute atomic E-state index is 0.210. The molecule has 1 fully saturated rings. The van der Waals surface area contributed by atoms with Gasteiger partial charge in [0.2, 0.25) is 5.91 Å². The van der Waals surface area contributed by atoms with E-state index in [1.165, 1.54) is 6.08 Å². The standard InChI is InChI=1S/C22H18N4O2/c27-21(11-6-15-13-23-26(14-15)18-4-2-1-3-5-18)24-17-9-10-20-19(12-17)25-22(28-20)16-7-8-16/h1-6,9-14,16H,7-8H2,(H,24,27)/b11-6+. The van der Waals surface area contributed by atoms with Crippen LogP contribution in [0.5, 0.6) is 0 Å². The monoisotopic (exact) mass is 370 g/mol. The largest absolute Gasteiger partial charge is 0.440 e. The van der Waals surface area contributed by atoms with Gasteiger partial charge in [0.1, 0.15) is 5.52 Å². The second-order valence-corrected chi connectivity index (χ2v) is 6.89. The number of benzene rings is 2. The summed E-state index contributed by atoms with van der Waals surface area (Å²) in [5, 5.41) is 7.18. The summed E-state index contributed by atoms with van der Waals surface area (Å²) >= 11 is 0. The van der Waals surface area contributed by atoms with Crippen LogP contribution in [0.4, 0.5) is 5.69 Å². The zero-order valence-corrected chi connectivity index (χ0v) is 15.1. The highest BCUT2D eigenvalue weighted by molar-refractivity contribution is 6.02. The summed E-state index contributed by atoms with van der Waals surface area (Å²) < 4.78 is 7.52. The quantitative estimate of drug-likeness (QED) is 0.523. The molecule has 1 amide bonds. The molecule has 6 nitrogen and oxygen atoms in total. The number of fused-ring (bicyclic) bond motifs is 1. The molecule has 4 aromatic rings. The van der Waals surface area contributed by atoms with Gasteiger partial charge in [0, 0.05) is 29.4 Å². The van der Waals surface area contributed by atoms with Crippen molar-refractivity contribution in [2.75, 3.05) is 5.32 Å². The van der Waals surface area contributed by atoms with Crippen molar-refractivity contribution in [1.29, 1.82) is 0 Å². The number of hydrogen-bond donors (Lipinski definition) is 1. The van der Waals surface area contributed by atoms with E-state index in [4.69, 9.17) is 4.42 Å². The Labute approximate surface area is 161 Å². The average Bonchev–Trinajstić information content (AvgIpc) is 3.31. The summed E-state index contributed by atoms with van der Waals surface area (Å²) in [6.45, 7) is 0. The van der Waals surface area contributed by atoms with E-state index in [2.05, 4.69) is 15.4 Å². The minimum atomic E-state index is -0.210. The summed E-state index contributed by atoms with van der Waals surface area (Å²) in [7, 11) is 0. The predicted molar refractivity (Wildman–Crippen MR) is 107 cm³/mol. The number of para-hydroxylation sites is 1. The van der Waals surface area contributed by atoms with Crippen LogP contribution >= 0.6 is 0 Å².